The number of aryl methyl sites for hydroxylation is 2. The van der Waals surface area contributed by atoms with E-state index in [1.807, 2.05) is 0 Å². The molecule has 3 heterocycles. The Labute approximate surface area is 124 Å². The van der Waals surface area contributed by atoms with Crippen molar-refractivity contribution in [1.82, 2.24) is 15.3 Å². The molecular weight excluding hydrogens is 268 g/mol. The summed E-state index contributed by atoms with van der Waals surface area (Å²) in [7, 11) is 0. The lowest BCUT2D eigenvalue weighted by atomic mass is 10.1. The van der Waals surface area contributed by atoms with Crippen LogP contribution in [0.4, 0.5) is 5.82 Å². The average molecular weight is 290 g/mol. The zero-order chi connectivity index (χ0) is 14.1. The summed E-state index contributed by atoms with van der Waals surface area (Å²) in [5, 5.41) is 4.76. The first-order valence-corrected chi connectivity index (χ1v) is 8.22. The van der Waals surface area contributed by atoms with Crippen molar-refractivity contribution in [1.29, 1.82) is 0 Å². The first-order chi connectivity index (χ1) is 9.72. The Morgan fingerprint density at radius 3 is 2.95 bits per heavy atom. The molecule has 0 aromatic carbocycles. The van der Waals surface area contributed by atoms with E-state index in [2.05, 4.69) is 41.0 Å². The highest BCUT2D eigenvalue weighted by Crippen LogP contribution is 2.35. The van der Waals surface area contributed by atoms with Crippen LogP contribution in [0.1, 0.15) is 30.2 Å². The number of likely N-dealkylation sites (N-methyl/N-ethyl adjacent to an activating group) is 1. The molecule has 2 aromatic rings. The summed E-state index contributed by atoms with van der Waals surface area (Å²) >= 11 is 1.77. The SMILES string of the molecule is CCN(c1ncnc2sc(C)c(C)c12)C1CCCNC1. The van der Waals surface area contributed by atoms with Crippen molar-refractivity contribution in [3.63, 3.8) is 0 Å². The third-order valence-electron chi connectivity index (χ3n) is 4.27. The molecule has 4 nitrogen and oxygen atoms in total. The van der Waals surface area contributed by atoms with Crippen LogP contribution in [-0.2, 0) is 0 Å². The van der Waals surface area contributed by atoms with Gasteiger partial charge in [-0.3, -0.25) is 0 Å². The molecule has 1 aliphatic rings. The Kier molecular flexibility index (Phi) is 3.89. The van der Waals surface area contributed by atoms with Gasteiger partial charge in [-0.15, -0.1) is 11.3 Å². The van der Waals surface area contributed by atoms with Gasteiger partial charge in [-0.25, -0.2) is 9.97 Å². The van der Waals surface area contributed by atoms with Crippen LogP contribution in [0, 0.1) is 13.8 Å². The summed E-state index contributed by atoms with van der Waals surface area (Å²) in [6.45, 7) is 9.77. The monoisotopic (exact) mass is 290 g/mol. The molecule has 0 aliphatic carbocycles. The van der Waals surface area contributed by atoms with Crippen LogP contribution in [-0.4, -0.2) is 35.6 Å². The van der Waals surface area contributed by atoms with Crippen molar-refractivity contribution in [2.75, 3.05) is 24.5 Å². The number of piperidine rings is 1. The Morgan fingerprint density at radius 1 is 1.40 bits per heavy atom. The summed E-state index contributed by atoms with van der Waals surface area (Å²) in [5.41, 5.74) is 1.34. The fraction of sp³-hybridized carbons (Fsp3) is 0.600. The standard InChI is InChI=1S/C15H22N4S/c1-4-19(12-6-5-7-16-8-12)14-13-10(2)11(3)20-15(13)18-9-17-14/h9,12,16H,4-8H2,1-3H3. The number of aromatic nitrogens is 2. The van der Waals surface area contributed by atoms with Crippen LogP contribution >= 0.6 is 11.3 Å². The Bertz CT molecular complexity index is 601. The van der Waals surface area contributed by atoms with Crippen molar-refractivity contribution < 1.29 is 0 Å². The largest absolute Gasteiger partial charge is 0.352 e. The molecule has 0 bridgehead atoms. The lowest BCUT2D eigenvalue weighted by molar-refractivity contribution is 0.434. The second-order valence-corrected chi connectivity index (χ2v) is 6.65. The molecule has 20 heavy (non-hydrogen) atoms. The minimum Gasteiger partial charge on any atom is -0.352 e. The van der Waals surface area contributed by atoms with E-state index in [0.717, 1.165) is 30.3 Å². The molecule has 1 saturated heterocycles. The predicted octanol–water partition coefficient (Wildman–Crippen LogP) is 2.89. The molecule has 0 spiro atoms. The summed E-state index contributed by atoms with van der Waals surface area (Å²) in [4.78, 5) is 14.0. The van der Waals surface area contributed by atoms with Crippen LogP contribution in [0.3, 0.4) is 0 Å². The lowest BCUT2D eigenvalue weighted by Gasteiger charge is -2.35. The average Bonchev–Trinajstić information content (AvgIpc) is 2.77. The summed E-state index contributed by atoms with van der Waals surface area (Å²) in [6.07, 6.45) is 4.21. The molecule has 0 saturated carbocycles. The number of rotatable bonds is 3. The molecule has 0 radical (unpaired) electrons. The second kappa shape index (κ2) is 5.66. The number of fused-ring (bicyclic) bond motifs is 1. The van der Waals surface area contributed by atoms with Gasteiger partial charge in [0.2, 0.25) is 0 Å². The van der Waals surface area contributed by atoms with Gasteiger partial charge in [-0.2, -0.15) is 0 Å². The van der Waals surface area contributed by atoms with Crippen molar-refractivity contribution in [2.45, 2.75) is 39.7 Å². The van der Waals surface area contributed by atoms with E-state index < -0.39 is 0 Å². The van der Waals surface area contributed by atoms with Gasteiger partial charge in [-0.05, 0) is 45.7 Å². The number of thiophene rings is 1. The van der Waals surface area contributed by atoms with Crippen LogP contribution in [0.5, 0.6) is 0 Å². The maximum Gasteiger partial charge on any atom is 0.141 e. The highest BCUT2D eigenvalue weighted by Gasteiger charge is 2.24. The molecule has 2 aromatic heterocycles. The molecule has 1 aliphatic heterocycles. The maximum absolute atomic E-state index is 4.62. The van der Waals surface area contributed by atoms with Crippen molar-refractivity contribution in [3.8, 4) is 0 Å². The third kappa shape index (κ3) is 2.29. The van der Waals surface area contributed by atoms with Gasteiger partial charge in [0.25, 0.3) is 0 Å². The van der Waals surface area contributed by atoms with Gasteiger partial charge < -0.3 is 10.2 Å². The van der Waals surface area contributed by atoms with Gasteiger partial charge in [0.1, 0.15) is 17.0 Å². The molecule has 1 fully saturated rings. The molecule has 3 rings (SSSR count). The topological polar surface area (TPSA) is 41.1 Å². The Balaban J connectivity index is 2.06. The second-order valence-electron chi connectivity index (χ2n) is 5.45. The van der Waals surface area contributed by atoms with Gasteiger partial charge in [0, 0.05) is 24.0 Å². The zero-order valence-electron chi connectivity index (χ0n) is 12.4. The minimum atomic E-state index is 0.548. The van der Waals surface area contributed by atoms with E-state index in [4.69, 9.17) is 0 Å². The quantitative estimate of drug-likeness (QED) is 0.943. The summed E-state index contributed by atoms with van der Waals surface area (Å²) in [6, 6.07) is 0.548. The number of anilines is 1. The van der Waals surface area contributed by atoms with Gasteiger partial charge in [0.05, 0.1) is 5.39 Å². The first-order valence-electron chi connectivity index (χ1n) is 7.40. The van der Waals surface area contributed by atoms with Crippen LogP contribution < -0.4 is 10.2 Å². The van der Waals surface area contributed by atoms with Gasteiger partial charge >= 0.3 is 0 Å². The summed E-state index contributed by atoms with van der Waals surface area (Å²) in [5.74, 6) is 1.12. The van der Waals surface area contributed by atoms with E-state index in [1.165, 1.54) is 28.7 Å². The predicted molar refractivity (Wildman–Crippen MR) is 85.8 cm³/mol. The van der Waals surface area contributed by atoms with E-state index in [0.29, 0.717) is 6.04 Å². The molecule has 108 valence electrons. The van der Waals surface area contributed by atoms with E-state index in [-0.39, 0.29) is 0 Å². The fourth-order valence-electron chi connectivity index (χ4n) is 3.06. The Morgan fingerprint density at radius 2 is 2.25 bits per heavy atom. The van der Waals surface area contributed by atoms with Crippen molar-refractivity contribution in [2.24, 2.45) is 0 Å². The highest BCUT2D eigenvalue weighted by molar-refractivity contribution is 7.18. The number of hydrogen-bond acceptors (Lipinski definition) is 5. The number of nitrogens with one attached hydrogen (secondary N) is 1. The van der Waals surface area contributed by atoms with Crippen LogP contribution in [0.25, 0.3) is 10.2 Å². The third-order valence-corrected chi connectivity index (χ3v) is 5.38. The van der Waals surface area contributed by atoms with E-state index >= 15 is 0 Å². The number of nitrogens with zero attached hydrogens (tertiary/aromatic N) is 3. The normalized spacial score (nSPS) is 19.4. The molecule has 1 atom stereocenters. The fourth-order valence-corrected chi connectivity index (χ4v) is 4.05. The van der Waals surface area contributed by atoms with Gasteiger partial charge in [0.15, 0.2) is 0 Å². The Hall–Kier alpha value is -1.20. The van der Waals surface area contributed by atoms with Gasteiger partial charge in [-0.1, -0.05) is 0 Å². The number of hydrogen-bond donors (Lipinski definition) is 1. The van der Waals surface area contributed by atoms with E-state index in [1.54, 1.807) is 17.7 Å². The van der Waals surface area contributed by atoms with Crippen molar-refractivity contribution >= 4 is 27.4 Å². The maximum atomic E-state index is 4.62. The van der Waals surface area contributed by atoms with Crippen LogP contribution in [0.2, 0.25) is 0 Å². The smallest absolute Gasteiger partial charge is 0.141 e. The van der Waals surface area contributed by atoms with Crippen LogP contribution in [0.15, 0.2) is 6.33 Å². The molecule has 1 N–H and O–H groups in total. The highest BCUT2D eigenvalue weighted by atomic mass is 32.1. The minimum absolute atomic E-state index is 0.548. The lowest BCUT2D eigenvalue weighted by Crippen LogP contribution is -2.46. The molecular formula is C15H22N4S. The first kappa shape index (κ1) is 13.8. The molecule has 0 amide bonds. The van der Waals surface area contributed by atoms with Crippen molar-refractivity contribution in [3.05, 3.63) is 16.8 Å². The molecule has 1 unspecified atom stereocenters. The molecule has 5 heteroatoms. The van der Waals surface area contributed by atoms with E-state index in [9.17, 15) is 0 Å². The zero-order valence-corrected chi connectivity index (χ0v) is 13.3. The summed E-state index contributed by atoms with van der Waals surface area (Å²) < 4.78 is 0.